The molecule has 1 unspecified atom stereocenters. The van der Waals surface area contributed by atoms with Crippen molar-refractivity contribution in [3.8, 4) is 11.1 Å². The lowest BCUT2D eigenvalue weighted by molar-refractivity contribution is -0.142. The maximum atomic E-state index is 12.8. The van der Waals surface area contributed by atoms with Gasteiger partial charge in [-0.15, -0.1) is 0 Å². The maximum Gasteiger partial charge on any atom is 0.407 e. The van der Waals surface area contributed by atoms with Gasteiger partial charge in [-0.05, 0) is 28.3 Å². The number of nitrogens with one attached hydrogen (secondary N) is 1. The average Bonchev–Trinajstić information content (AvgIpc) is 3.16. The van der Waals surface area contributed by atoms with Gasteiger partial charge in [0.15, 0.2) is 0 Å². The van der Waals surface area contributed by atoms with Gasteiger partial charge in [-0.1, -0.05) is 97.1 Å². The fraction of sp³-hybridized carbons (Fsp3) is 0.259. The third-order valence-corrected chi connectivity index (χ3v) is 9.72. The van der Waals surface area contributed by atoms with Gasteiger partial charge in [0.2, 0.25) is 0 Å². The first-order valence-electron chi connectivity index (χ1n) is 11.2. The Morgan fingerprint density at radius 2 is 1.42 bits per heavy atom. The minimum Gasteiger partial charge on any atom is -0.467 e. The maximum absolute atomic E-state index is 12.8. The molecule has 170 valence electrons. The van der Waals surface area contributed by atoms with E-state index in [1.54, 1.807) is 0 Å². The molecule has 3 aromatic carbocycles. The van der Waals surface area contributed by atoms with Crippen molar-refractivity contribution in [1.29, 1.82) is 0 Å². The number of esters is 1. The largest absolute Gasteiger partial charge is 0.467 e. The van der Waals surface area contributed by atoms with Crippen LogP contribution in [0.15, 0.2) is 78.9 Å². The van der Waals surface area contributed by atoms with E-state index in [2.05, 4.69) is 54.8 Å². The monoisotopic (exact) mass is 459 g/mol. The fourth-order valence-corrected chi connectivity index (χ4v) is 7.26. The van der Waals surface area contributed by atoms with Crippen LogP contribution in [0.3, 0.4) is 0 Å². The summed E-state index contributed by atoms with van der Waals surface area (Å²) in [5, 5.41) is 3.98. The second-order valence-corrected chi connectivity index (χ2v) is 13.8. The van der Waals surface area contributed by atoms with Gasteiger partial charge < -0.3 is 14.8 Å². The molecular weight excluding hydrogens is 430 g/mol. The minimum atomic E-state index is -2.00. The quantitative estimate of drug-likeness (QED) is 0.412. The summed E-state index contributed by atoms with van der Waals surface area (Å²) in [7, 11) is -0.664. The molecule has 1 aliphatic rings. The summed E-state index contributed by atoms with van der Waals surface area (Å²) in [5.41, 5.74) is 4.64. The Kier molecular flexibility index (Phi) is 6.65. The number of hydrogen-bond acceptors (Lipinski definition) is 4. The molecule has 0 heterocycles. The third kappa shape index (κ3) is 4.86. The van der Waals surface area contributed by atoms with E-state index in [0.29, 0.717) is 6.04 Å². The molecule has 5 nitrogen and oxygen atoms in total. The summed E-state index contributed by atoms with van der Waals surface area (Å²) >= 11 is 0. The SMILES string of the molecule is COC(=O)C(C[Si](C)(C)c1ccccc1)NC(=O)OCC1c2ccccc2-c2ccccc21. The van der Waals surface area contributed by atoms with E-state index in [0.717, 1.165) is 11.1 Å². The number of carbonyl (C=O) groups excluding carboxylic acids is 2. The van der Waals surface area contributed by atoms with Crippen molar-refractivity contribution >= 4 is 25.3 Å². The van der Waals surface area contributed by atoms with Crippen molar-refractivity contribution in [3.05, 3.63) is 90.0 Å². The lowest BCUT2D eigenvalue weighted by Gasteiger charge is -2.27. The van der Waals surface area contributed by atoms with Crippen molar-refractivity contribution in [1.82, 2.24) is 5.32 Å². The van der Waals surface area contributed by atoms with Crippen molar-refractivity contribution in [2.75, 3.05) is 13.7 Å². The number of carbonyl (C=O) groups is 2. The Bertz CT molecular complexity index is 1100. The van der Waals surface area contributed by atoms with Crippen molar-refractivity contribution in [2.45, 2.75) is 31.1 Å². The molecule has 0 fully saturated rings. The van der Waals surface area contributed by atoms with Crippen molar-refractivity contribution < 1.29 is 19.1 Å². The number of benzene rings is 3. The Morgan fingerprint density at radius 3 is 2.00 bits per heavy atom. The molecule has 6 heteroatoms. The van der Waals surface area contributed by atoms with Crippen LogP contribution >= 0.6 is 0 Å². The van der Waals surface area contributed by atoms with E-state index in [-0.39, 0.29) is 12.5 Å². The molecule has 0 aliphatic heterocycles. The van der Waals surface area contributed by atoms with Crippen LogP contribution < -0.4 is 10.5 Å². The number of hydrogen-bond donors (Lipinski definition) is 1. The predicted molar refractivity (Wildman–Crippen MR) is 132 cm³/mol. The molecule has 1 aliphatic carbocycles. The molecule has 1 atom stereocenters. The zero-order valence-electron chi connectivity index (χ0n) is 19.2. The molecule has 0 radical (unpaired) electrons. The average molecular weight is 460 g/mol. The Balaban J connectivity index is 1.45. The van der Waals surface area contributed by atoms with E-state index in [4.69, 9.17) is 9.47 Å². The van der Waals surface area contributed by atoms with Crippen molar-refractivity contribution in [3.63, 3.8) is 0 Å². The normalized spacial score (nSPS) is 13.5. The van der Waals surface area contributed by atoms with Gasteiger partial charge >= 0.3 is 12.1 Å². The lowest BCUT2D eigenvalue weighted by atomic mass is 9.98. The Morgan fingerprint density at radius 1 is 0.879 bits per heavy atom. The minimum absolute atomic E-state index is 0.0325. The van der Waals surface area contributed by atoms with E-state index in [9.17, 15) is 9.59 Å². The lowest BCUT2D eigenvalue weighted by Crippen LogP contribution is -2.51. The second kappa shape index (κ2) is 9.63. The van der Waals surface area contributed by atoms with Gasteiger partial charge in [0, 0.05) is 5.92 Å². The zero-order chi connectivity index (χ0) is 23.4. The van der Waals surface area contributed by atoms with Crippen molar-refractivity contribution in [2.24, 2.45) is 0 Å². The summed E-state index contributed by atoms with van der Waals surface area (Å²) in [6.07, 6.45) is -0.606. The molecular formula is C27H29NO4Si. The topological polar surface area (TPSA) is 64.6 Å². The molecule has 1 N–H and O–H groups in total. The molecule has 0 spiro atoms. The molecule has 0 aromatic heterocycles. The molecule has 4 rings (SSSR count). The van der Waals surface area contributed by atoms with Crippen LogP contribution in [-0.2, 0) is 14.3 Å². The molecule has 0 bridgehead atoms. The van der Waals surface area contributed by atoms with Crippen LogP contribution in [0.5, 0.6) is 0 Å². The fourth-order valence-electron chi connectivity index (χ4n) is 4.64. The zero-order valence-corrected chi connectivity index (χ0v) is 20.2. The molecule has 0 saturated carbocycles. The standard InChI is InChI=1S/C27H29NO4Si/c1-31-26(29)25(18-33(2,3)19-11-5-4-6-12-19)28-27(30)32-17-24-22-15-9-7-13-20(22)21-14-8-10-16-23(21)24/h4-16,24-25H,17-18H2,1-3H3,(H,28,30). The molecule has 33 heavy (non-hydrogen) atoms. The van der Waals surface area contributed by atoms with Crippen LogP contribution in [-0.4, -0.2) is 39.9 Å². The first-order valence-corrected chi connectivity index (χ1v) is 14.4. The second-order valence-electron chi connectivity index (χ2n) is 9.00. The van der Waals surface area contributed by atoms with Crippen LogP contribution in [0.1, 0.15) is 17.0 Å². The first-order chi connectivity index (χ1) is 15.9. The Hall–Kier alpha value is -3.38. The number of amides is 1. The van der Waals surface area contributed by atoms with E-state index in [1.807, 2.05) is 42.5 Å². The smallest absolute Gasteiger partial charge is 0.407 e. The predicted octanol–water partition coefficient (Wildman–Crippen LogP) is 4.68. The van der Waals surface area contributed by atoms with E-state index < -0.39 is 26.2 Å². The first kappa shape index (κ1) is 22.8. The van der Waals surface area contributed by atoms with Crippen LogP contribution in [0, 0.1) is 0 Å². The van der Waals surface area contributed by atoms with Crippen LogP contribution in [0.2, 0.25) is 19.1 Å². The number of fused-ring (bicyclic) bond motifs is 3. The highest BCUT2D eigenvalue weighted by Crippen LogP contribution is 2.44. The molecule has 0 saturated heterocycles. The summed E-state index contributed by atoms with van der Waals surface area (Å²) < 4.78 is 10.6. The highest BCUT2D eigenvalue weighted by Gasteiger charge is 2.34. The number of rotatable bonds is 7. The van der Waals surface area contributed by atoms with Gasteiger partial charge in [-0.25, -0.2) is 9.59 Å². The molecule has 3 aromatic rings. The Labute approximate surface area is 195 Å². The highest BCUT2D eigenvalue weighted by atomic mass is 28.3. The highest BCUT2D eigenvalue weighted by molar-refractivity contribution is 6.90. The van der Waals surface area contributed by atoms with Crippen LogP contribution in [0.4, 0.5) is 4.79 Å². The van der Waals surface area contributed by atoms with E-state index >= 15 is 0 Å². The number of ether oxygens (including phenoxy) is 2. The van der Waals surface area contributed by atoms with E-state index in [1.165, 1.54) is 23.4 Å². The summed E-state index contributed by atoms with van der Waals surface area (Å²) in [5.74, 6) is -0.491. The van der Waals surface area contributed by atoms with Gasteiger partial charge in [0.05, 0.1) is 15.2 Å². The van der Waals surface area contributed by atoms with Gasteiger partial charge in [0.1, 0.15) is 12.6 Å². The number of methoxy groups -OCH3 is 1. The third-order valence-electron chi connectivity index (χ3n) is 6.39. The molecule has 1 amide bonds. The summed E-state index contributed by atoms with van der Waals surface area (Å²) in [4.78, 5) is 25.2. The van der Waals surface area contributed by atoms with Crippen LogP contribution in [0.25, 0.3) is 11.1 Å². The summed E-state index contributed by atoms with van der Waals surface area (Å²) in [6, 6.07) is 26.3. The van der Waals surface area contributed by atoms with Gasteiger partial charge in [-0.3, -0.25) is 0 Å². The van der Waals surface area contributed by atoms with Gasteiger partial charge in [0.25, 0.3) is 0 Å². The summed E-state index contributed by atoms with van der Waals surface area (Å²) in [6.45, 7) is 4.56. The number of alkyl carbamates (subject to hydrolysis) is 1. The van der Waals surface area contributed by atoms with Gasteiger partial charge in [-0.2, -0.15) is 0 Å².